The summed E-state index contributed by atoms with van der Waals surface area (Å²) in [6, 6.07) is 6.78. The van der Waals surface area contributed by atoms with E-state index in [0.717, 1.165) is 0 Å². The molecule has 0 heterocycles. The first-order valence-corrected chi connectivity index (χ1v) is 4.86. The number of carbonyl (C=O) groups excluding carboxylic acids is 1. The molecule has 0 aliphatic rings. The van der Waals surface area contributed by atoms with Gasteiger partial charge >= 0.3 is 5.97 Å². The van der Waals surface area contributed by atoms with Gasteiger partial charge in [0.1, 0.15) is 5.60 Å². The summed E-state index contributed by atoms with van der Waals surface area (Å²) in [6.07, 6.45) is 0. The predicted molar refractivity (Wildman–Crippen MR) is 61.0 cm³/mol. The van der Waals surface area contributed by atoms with Gasteiger partial charge in [-0.05, 0) is 32.0 Å². The molecule has 0 aliphatic heterocycles. The molecule has 3 nitrogen and oxygen atoms in total. The van der Waals surface area contributed by atoms with Gasteiger partial charge in [-0.25, -0.2) is 4.79 Å². The Hall–Kier alpha value is -1.79. The summed E-state index contributed by atoms with van der Waals surface area (Å²) in [4.78, 5) is 11.2. The lowest BCUT2D eigenvalue weighted by atomic mass is 10.1. The fourth-order valence-electron chi connectivity index (χ4n) is 1.07. The Bertz CT molecular complexity index is 444. The highest BCUT2D eigenvalue weighted by Gasteiger charge is 2.07. The molecule has 1 aromatic carbocycles. The van der Waals surface area contributed by atoms with Gasteiger partial charge < -0.3 is 9.84 Å². The molecule has 0 aliphatic carbocycles. The summed E-state index contributed by atoms with van der Waals surface area (Å²) in [5, 5.41) is 9.44. The van der Waals surface area contributed by atoms with Gasteiger partial charge in [0.15, 0.2) is 0 Å². The van der Waals surface area contributed by atoms with Crippen LogP contribution in [0.2, 0.25) is 0 Å². The normalized spacial score (nSPS) is 10.2. The summed E-state index contributed by atoms with van der Waals surface area (Å²) < 4.78 is 4.60. The Morgan fingerprint density at radius 3 is 2.69 bits per heavy atom. The second-order valence-electron chi connectivity index (χ2n) is 3.88. The molecular formula is C13H14O3. The average molecular weight is 218 g/mol. The van der Waals surface area contributed by atoms with Crippen LogP contribution in [0.4, 0.5) is 0 Å². The smallest absolute Gasteiger partial charge is 0.337 e. The third-order valence-electron chi connectivity index (χ3n) is 1.80. The van der Waals surface area contributed by atoms with Gasteiger partial charge in [-0.2, -0.15) is 0 Å². The number of aliphatic hydroxyl groups is 1. The molecule has 0 saturated carbocycles. The number of carbonyl (C=O) groups is 1. The Morgan fingerprint density at radius 1 is 1.44 bits per heavy atom. The molecule has 1 aromatic rings. The van der Waals surface area contributed by atoms with Gasteiger partial charge in [-0.15, -0.1) is 0 Å². The Labute approximate surface area is 95.1 Å². The van der Waals surface area contributed by atoms with E-state index in [-0.39, 0.29) is 0 Å². The number of benzene rings is 1. The standard InChI is InChI=1S/C13H14O3/c1-13(2,15)8-7-10-5-4-6-11(9-10)12(14)16-3/h4-6,9,15H,1-3H3. The van der Waals surface area contributed by atoms with Crippen LogP contribution < -0.4 is 0 Å². The van der Waals surface area contributed by atoms with Crippen molar-refractivity contribution in [1.29, 1.82) is 0 Å². The van der Waals surface area contributed by atoms with Gasteiger partial charge in [0.05, 0.1) is 12.7 Å². The lowest BCUT2D eigenvalue weighted by Gasteiger charge is -2.06. The maximum absolute atomic E-state index is 11.2. The van der Waals surface area contributed by atoms with E-state index in [0.29, 0.717) is 11.1 Å². The molecular weight excluding hydrogens is 204 g/mol. The summed E-state index contributed by atoms with van der Waals surface area (Å²) in [5.41, 5.74) is 0.0800. The summed E-state index contributed by atoms with van der Waals surface area (Å²) in [6.45, 7) is 3.20. The average Bonchev–Trinajstić information content (AvgIpc) is 2.25. The van der Waals surface area contributed by atoms with Gasteiger partial charge in [0, 0.05) is 5.56 Å². The monoisotopic (exact) mass is 218 g/mol. The second-order valence-corrected chi connectivity index (χ2v) is 3.88. The molecule has 16 heavy (non-hydrogen) atoms. The lowest BCUT2D eigenvalue weighted by Crippen LogP contribution is -2.14. The van der Waals surface area contributed by atoms with Crippen molar-refractivity contribution < 1.29 is 14.6 Å². The molecule has 0 radical (unpaired) electrons. The van der Waals surface area contributed by atoms with E-state index in [9.17, 15) is 9.90 Å². The minimum Gasteiger partial charge on any atom is -0.465 e. The van der Waals surface area contributed by atoms with Crippen LogP contribution in [0, 0.1) is 11.8 Å². The molecule has 0 amide bonds. The first kappa shape index (κ1) is 12.3. The van der Waals surface area contributed by atoms with Crippen LogP contribution in [0.25, 0.3) is 0 Å². The Balaban J connectivity index is 2.99. The molecule has 0 saturated heterocycles. The van der Waals surface area contributed by atoms with E-state index in [4.69, 9.17) is 0 Å². The highest BCUT2D eigenvalue weighted by Crippen LogP contribution is 2.06. The van der Waals surface area contributed by atoms with Gasteiger partial charge in [0.25, 0.3) is 0 Å². The summed E-state index contributed by atoms with van der Waals surface area (Å²) in [5.74, 6) is 5.08. The first-order valence-electron chi connectivity index (χ1n) is 4.86. The van der Waals surface area contributed by atoms with Crippen LogP contribution in [0.1, 0.15) is 29.8 Å². The largest absolute Gasteiger partial charge is 0.465 e. The van der Waals surface area contributed by atoms with Crippen molar-refractivity contribution in [3.05, 3.63) is 35.4 Å². The van der Waals surface area contributed by atoms with Crippen molar-refractivity contribution in [2.45, 2.75) is 19.4 Å². The highest BCUT2D eigenvalue weighted by atomic mass is 16.5. The quantitative estimate of drug-likeness (QED) is 0.575. The molecule has 0 unspecified atom stereocenters. The van der Waals surface area contributed by atoms with Crippen LogP contribution >= 0.6 is 0 Å². The van der Waals surface area contributed by atoms with Crippen molar-refractivity contribution in [3.8, 4) is 11.8 Å². The minimum atomic E-state index is -1.04. The predicted octanol–water partition coefficient (Wildman–Crippen LogP) is 1.60. The number of ether oxygens (including phenoxy) is 1. The van der Waals surface area contributed by atoms with Crippen LogP contribution in [0.15, 0.2) is 24.3 Å². The fraction of sp³-hybridized carbons (Fsp3) is 0.308. The molecule has 3 heteroatoms. The third kappa shape index (κ3) is 3.76. The van der Waals surface area contributed by atoms with Gasteiger partial charge in [-0.1, -0.05) is 17.9 Å². The van der Waals surface area contributed by atoms with Crippen molar-refractivity contribution in [2.75, 3.05) is 7.11 Å². The van der Waals surface area contributed by atoms with E-state index in [1.165, 1.54) is 7.11 Å². The fourth-order valence-corrected chi connectivity index (χ4v) is 1.07. The molecule has 0 spiro atoms. The maximum Gasteiger partial charge on any atom is 0.337 e. The maximum atomic E-state index is 11.2. The van der Waals surface area contributed by atoms with Crippen LogP contribution in [-0.2, 0) is 4.74 Å². The van der Waals surface area contributed by atoms with Crippen LogP contribution in [-0.4, -0.2) is 23.8 Å². The molecule has 0 atom stereocenters. The van der Waals surface area contributed by atoms with E-state index in [1.807, 2.05) is 0 Å². The van der Waals surface area contributed by atoms with Crippen LogP contribution in [0.3, 0.4) is 0 Å². The third-order valence-corrected chi connectivity index (χ3v) is 1.80. The zero-order valence-electron chi connectivity index (χ0n) is 9.57. The lowest BCUT2D eigenvalue weighted by molar-refractivity contribution is 0.0600. The van der Waals surface area contributed by atoms with E-state index in [1.54, 1.807) is 38.1 Å². The topological polar surface area (TPSA) is 46.5 Å². The zero-order chi connectivity index (χ0) is 12.2. The number of esters is 1. The van der Waals surface area contributed by atoms with E-state index >= 15 is 0 Å². The van der Waals surface area contributed by atoms with Gasteiger partial charge in [0.2, 0.25) is 0 Å². The van der Waals surface area contributed by atoms with Crippen molar-refractivity contribution in [1.82, 2.24) is 0 Å². The highest BCUT2D eigenvalue weighted by molar-refractivity contribution is 5.89. The SMILES string of the molecule is COC(=O)c1cccc(C#CC(C)(C)O)c1. The Kier molecular flexibility index (Phi) is 3.70. The van der Waals surface area contributed by atoms with E-state index < -0.39 is 11.6 Å². The molecule has 84 valence electrons. The second kappa shape index (κ2) is 4.82. The van der Waals surface area contributed by atoms with Crippen molar-refractivity contribution in [3.63, 3.8) is 0 Å². The molecule has 1 rings (SSSR count). The summed E-state index contributed by atoms with van der Waals surface area (Å²) in [7, 11) is 1.33. The molecule has 0 aromatic heterocycles. The summed E-state index contributed by atoms with van der Waals surface area (Å²) >= 11 is 0. The van der Waals surface area contributed by atoms with Crippen molar-refractivity contribution >= 4 is 5.97 Å². The van der Waals surface area contributed by atoms with Crippen molar-refractivity contribution in [2.24, 2.45) is 0 Å². The molecule has 0 fully saturated rings. The molecule has 0 bridgehead atoms. The number of hydrogen-bond donors (Lipinski definition) is 1. The Morgan fingerprint density at radius 2 is 2.12 bits per heavy atom. The minimum absolute atomic E-state index is 0.396. The van der Waals surface area contributed by atoms with Crippen LogP contribution in [0.5, 0.6) is 0 Å². The van der Waals surface area contributed by atoms with E-state index in [2.05, 4.69) is 16.6 Å². The molecule has 1 N–H and O–H groups in total. The number of hydrogen-bond acceptors (Lipinski definition) is 3. The zero-order valence-corrected chi connectivity index (χ0v) is 9.57. The van der Waals surface area contributed by atoms with Gasteiger partial charge in [-0.3, -0.25) is 0 Å². The first-order chi connectivity index (χ1) is 7.42. The number of methoxy groups -OCH3 is 1. The number of rotatable bonds is 1.